The van der Waals surface area contributed by atoms with Crippen LogP contribution in [0.2, 0.25) is 0 Å². The number of amides is 1. The molecule has 1 amide bonds. The Bertz CT molecular complexity index is 624. The minimum Gasteiger partial charge on any atom is -0.462 e. The number of aromatic nitrogens is 2. The van der Waals surface area contributed by atoms with Gasteiger partial charge in [-0.05, 0) is 39.8 Å². The van der Waals surface area contributed by atoms with Gasteiger partial charge in [-0.1, -0.05) is 0 Å². The molecule has 0 bridgehead atoms. The molecule has 1 saturated carbocycles. The molecule has 2 fully saturated rings. The number of hydrogen-bond donors (Lipinski definition) is 0. The highest BCUT2D eigenvalue weighted by molar-refractivity contribution is 5.76. The maximum absolute atomic E-state index is 12.4. The number of likely N-dealkylation sites (tertiary alicyclic amines) is 1. The van der Waals surface area contributed by atoms with Gasteiger partial charge in [0.05, 0.1) is 6.42 Å². The monoisotopic (exact) mass is 362 g/mol. The standard InChI is InChI=1S/C19H30N4O3/c1-21(2)15-8-11-23(14-15)18(24)7-6-17-20-10-13-22(17)12-9-19(25)26-16-4-3-5-16/h10,13,15-16H,3-9,11-12,14H2,1-2H3/t15-/m0/s1. The molecule has 2 aliphatic rings. The van der Waals surface area contributed by atoms with Gasteiger partial charge < -0.3 is 19.1 Å². The van der Waals surface area contributed by atoms with Crippen LogP contribution in [0.1, 0.15) is 44.3 Å². The van der Waals surface area contributed by atoms with Crippen molar-refractivity contribution >= 4 is 11.9 Å². The molecule has 3 rings (SSSR count). The molecule has 7 heteroatoms. The molecular weight excluding hydrogens is 332 g/mol. The fourth-order valence-corrected chi connectivity index (χ4v) is 3.48. The highest BCUT2D eigenvalue weighted by Crippen LogP contribution is 2.22. The number of aryl methyl sites for hydroxylation is 2. The predicted molar refractivity (Wildman–Crippen MR) is 97.6 cm³/mol. The van der Waals surface area contributed by atoms with Gasteiger partial charge in [0.25, 0.3) is 0 Å². The summed E-state index contributed by atoms with van der Waals surface area (Å²) in [6, 6.07) is 0.461. The Hall–Kier alpha value is -1.89. The van der Waals surface area contributed by atoms with Gasteiger partial charge in [-0.15, -0.1) is 0 Å². The lowest BCUT2D eigenvalue weighted by Crippen LogP contribution is -2.34. The van der Waals surface area contributed by atoms with Crippen LogP contribution in [0.15, 0.2) is 12.4 Å². The summed E-state index contributed by atoms with van der Waals surface area (Å²) in [5.74, 6) is 0.906. The van der Waals surface area contributed by atoms with E-state index in [0.717, 1.165) is 44.6 Å². The van der Waals surface area contributed by atoms with Crippen molar-refractivity contribution in [3.8, 4) is 0 Å². The molecule has 0 unspecified atom stereocenters. The van der Waals surface area contributed by atoms with Crippen LogP contribution in [-0.2, 0) is 27.3 Å². The highest BCUT2D eigenvalue weighted by atomic mass is 16.5. The molecule has 0 aromatic carbocycles. The molecule has 1 aromatic rings. The van der Waals surface area contributed by atoms with Gasteiger partial charge in [0.1, 0.15) is 11.9 Å². The van der Waals surface area contributed by atoms with E-state index in [1.807, 2.05) is 15.7 Å². The average Bonchev–Trinajstić information content (AvgIpc) is 3.23. The van der Waals surface area contributed by atoms with Crippen molar-refractivity contribution in [1.29, 1.82) is 0 Å². The maximum Gasteiger partial charge on any atom is 0.307 e. The SMILES string of the molecule is CN(C)[C@H]1CCN(C(=O)CCc2nccn2CCC(=O)OC2CCC2)C1. The molecule has 1 aromatic heterocycles. The number of imidazole rings is 1. The fourth-order valence-electron chi connectivity index (χ4n) is 3.48. The van der Waals surface area contributed by atoms with E-state index in [2.05, 4.69) is 24.0 Å². The van der Waals surface area contributed by atoms with Crippen molar-refractivity contribution < 1.29 is 14.3 Å². The zero-order chi connectivity index (χ0) is 18.5. The van der Waals surface area contributed by atoms with E-state index in [-0.39, 0.29) is 18.0 Å². The summed E-state index contributed by atoms with van der Waals surface area (Å²) in [6.45, 7) is 2.21. The first kappa shape index (κ1) is 18.9. The summed E-state index contributed by atoms with van der Waals surface area (Å²) < 4.78 is 7.34. The Labute approximate surface area is 155 Å². The molecule has 1 atom stereocenters. The summed E-state index contributed by atoms with van der Waals surface area (Å²) in [5.41, 5.74) is 0. The van der Waals surface area contributed by atoms with Crippen molar-refractivity contribution in [1.82, 2.24) is 19.4 Å². The third-order valence-electron chi connectivity index (χ3n) is 5.52. The van der Waals surface area contributed by atoms with E-state index in [4.69, 9.17) is 4.74 Å². The van der Waals surface area contributed by atoms with Crippen LogP contribution >= 0.6 is 0 Å². The van der Waals surface area contributed by atoms with Crippen LogP contribution in [0, 0.1) is 0 Å². The van der Waals surface area contributed by atoms with Gasteiger partial charge >= 0.3 is 5.97 Å². The largest absolute Gasteiger partial charge is 0.462 e. The summed E-state index contributed by atoms with van der Waals surface area (Å²) in [6.07, 6.45) is 9.34. The number of hydrogen-bond acceptors (Lipinski definition) is 5. The first-order chi connectivity index (χ1) is 12.5. The zero-order valence-electron chi connectivity index (χ0n) is 15.9. The van der Waals surface area contributed by atoms with Gasteiger partial charge in [-0.25, -0.2) is 4.98 Å². The summed E-state index contributed by atoms with van der Waals surface area (Å²) >= 11 is 0. The summed E-state index contributed by atoms with van der Waals surface area (Å²) in [7, 11) is 4.12. The number of nitrogens with zero attached hydrogens (tertiary/aromatic N) is 4. The second-order valence-electron chi connectivity index (χ2n) is 7.58. The minimum atomic E-state index is -0.141. The molecule has 7 nitrogen and oxygen atoms in total. The second-order valence-corrected chi connectivity index (χ2v) is 7.58. The minimum absolute atomic E-state index is 0.133. The second kappa shape index (κ2) is 8.66. The molecule has 0 radical (unpaired) electrons. The van der Waals surface area contributed by atoms with Crippen LogP contribution in [-0.4, -0.2) is 70.6 Å². The number of esters is 1. The van der Waals surface area contributed by atoms with Crippen molar-refractivity contribution in [2.45, 2.75) is 63.6 Å². The van der Waals surface area contributed by atoms with E-state index >= 15 is 0 Å². The van der Waals surface area contributed by atoms with Crippen LogP contribution in [0.5, 0.6) is 0 Å². The molecule has 1 saturated heterocycles. The van der Waals surface area contributed by atoms with Crippen molar-refractivity contribution in [2.75, 3.05) is 27.2 Å². The first-order valence-electron chi connectivity index (χ1n) is 9.66. The predicted octanol–water partition coefficient (Wildman–Crippen LogP) is 1.46. The van der Waals surface area contributed by atoms with E-state index in [1.54, 1.807) is 6.20 Å². The van der Waals surface area contributed by atoms with Gasteiger partial charge in [-0.2, -0.15) is 0 Å². The van der Waals surface area contributed by atoms with Gasteiger partial charge in [-0.3, -0.25) is 9.59 Å². The number of rotatable bonds is 8. The van der Waals surface area contributed by atoms with E-state index in [1.165, 1.54) is 0 Å². The summed E-state index contributed by atoms with van der Waals surface area (Å²) in [5, 5.41) is 0. The summed E-state index contributed by atoms with van der Waals surface area (Å²) in [4.78, 5) is 32.8. The quantitative estimate of drug-likeness (QED) is 0.655. The molecule has 2 heterocycles. The lowest BCUT2D eigenvalue weighted by atomic mass is 9.96. The van der Waals surface area contributed by atoms with Gasteiger partial charge in [0, 0.05) is 50.9 Å². The molecule has 0 N–H and O–H groups in total. The number of carbonyl (C=O) groups excluding carboxylic acids is 2. The highest BCUT2D eigenvalue weighted by Gasteiger charge is 2.27. The third kappa shape index (κ3) is 4.84. The normalized spacial score (nSPS) is 20.4. The maximum atomic E-state index is 12.4. The fraction of sp³-hybridized carbons (Fsp3) is 0.737. The molecule has 0 spiro atoms. The lowest BCUT2D eigenvalue weighted by molar-refractivity contribution is -0.153. The Morgan fingerprint density at radius 2 is 2.08 bits per heavy atom. The lowest BCUT2D eigenvalue weighted by Gasteiger charge is -2.25. The van der Waals surface area contributed by atoms with Crippen molar-refractivity contribution in [2.24, 2.45) is 0 Å². The van der Waals surface area contributed by atoms with Crippen molar-refractivity contribution in [3.05, 3.63) is 18.2 Å². The molecule has 1 aliphatic heterocycles. The van der Waals surface area contributed by atoms with Gasteiger partial charge in [0.15, 0.2) is 0 Å². The van der Waals surface area contributed by atoms with Crippen LogP contribution in [0.4, 0.5) is 0 Å². The Morgan fingerprint density at radius 1 is 1.27 bits per heavy atom. The topological polar surface area (TPSA) is 67.7 Å². The third-order valence-corrected chi connectivity index (χ3v) is 5.52. The zero-order valence-corrected chi connectivity index (χ0v) is 15.9. The number of carbonyl (C=O) groups is 2. The molecular formula is C19H30N4O3. The molecule has 1 aliphatic carbocycles. The average molecular weight is 362 g/mol. The van der Waals surface area contributed by atoms with Crippen LogP contribution in [0.3, 0.4) is 0 Å². The van der Waals surface area contributed by atoms with Crippen molar-refractivity contribution in [3.63, 3.8) is 0 Å². The Balaban J connectivity index is 1.42. The number of ether oxygens (including phenoxy) is 1. The van der Waals surface area contributed by atoms with Gasteiger partial charge in [0.2, 0.25) is 5.91 Å². The smallest absolute Gasteiger partial charge is 0.307 e. The molecule has 144 valence electrons. The van der Waals surface area contributed by atoms with E-state index < -0.39 is 0 Å². The van der Waals surface area contributed by atoms with E-state index in [0.29, 0.717) is 31.8 Å². The molecule has 26 heavy (non-hydrogen) atoms. The van der Waals surface area contributed by atoms with Crippen LogP contribution in [0.25, 0.3) is 0 Å². The Morgan fingerprint density at radius 3 is 2.73 bits per heavy atom. The number of likely N-dealkylation sites (N-methyl/N-ethyl adjacent to an activating group) is 1. The first-order valence-corrected chi connectivity index (χ1v) is 9.66. The van der Waals surface area contributed by atoms with Crippen LogP contribution < -0.4 is 0 Å². The van der Waals surface area contributed by atoms with E-state index in [9.17, 15) is 9.59 Å². The Kier molecular flexibility index (Phi) is 6.29.